The van der Waals surface area contributed by atoms with Crippen LogP contribution < -0.4 is 0 Å². The number of carbonyl (C=O) groups is 1. The Morgan fingerprint density at radius 1 is 1.09 bits per heavy atom. The fourth-order valence-corrected chi connectivity index (χ4v) is 2.82. The quantitative estimate of drug-likeness (QED) is 0.854. The topological polar surface area (TPSA) is 41.4 Å². The molecule has 0 atom stereocenters. The molecule has 1 saturated heterocycles. The van der Waals surface area contributed by atoms with Gasteiger partial charge in [0.2, 0.25) is 5.91 Å². The molecule has 1 aliphatic heterocycles. The van der Waals surface area contributed by atoms with E-state index in [0.29, 0.717) is 6.42 Å². The number of aryl methyl sites for hydroxylation is 1. The molecule has 1 amide bonds. The molecule has 0 spiro atoms. The summed E-state index contributed by atoms with van der Waals surface area (Å²) >= 11 is 0. The van der Waals surface area contributed by atoms with Crippen LogP contribution in [0.15, 0.2) is 42.6 Å². The lowest BCUT2D eigenvalue weighted by Gasteiger charge is -2.34. The number of nitrogens with zero attached hydrogens (tertiary/aromatic N) is 4. The zero-order valence-electron chi connectivity index (χ0n) is 13.0. The van der Waals surface area contributed by atoms with Gasteiger partial charge >= 0.3 is 0 Å². The Hall–Kier alpha value is -2.14. The molecule has 1 aromatic heterocycles. The molecular weight excluding hydrogens is 276 g/mol. The Labute approximate surface area is 131 Å². The first-order valence-corrected chi connectivity index (χ1v) is 7.73. The van der Waals surface area contributed by atoms with Crippen LogP contribution in [0.5, 0.6) is 0 Å². The highest BCUT2D eigenvalue weighted by molar-refractivity contribution is 5.78. The van der Waals surface area contributed by atoms with Gasteiger partial charge in [0.15, 0.2) is 0 Å². The summed E-state index contributed by atoms with van der Waals surface area (Å²) in [7, 11) is 1.97. The minimum Gasteiger partial charge on any atom is -0.340 e. The molecule has 1 aromatic carbocycles. The van der Waals surface area contributed by atoms with Gasteiger partial charge in [-0.05, 0) is 11.6 Å². The first kappa shape index (κ1) is 14.8. The van der Waals surface area contributed by atoms with E-state index < -0.39 is 0 Å². The van der Waals surface area contributed by atoms with Crippen LogP contribution in [0, 0.1) is 0 Å². The SMILES string of the molecule is Cn1nccc1CN1CCN(C(=O)Cc2ccccc2)CC1. The van der Waals surface area contributed by atoms with Gasteiger partial charge in [0, 0.05) is 46.0 Å². The second-order valence-corrected chi connectivity index (χ2v) is 5.77. The molecule has 0 unspecified atom stereocenters. The maximum Gasteiger partial charge on any atom is 0.227 e. The molecule has 3 rings (SSSR count). The Balaban J connectivity index is 1.49. The van der Waals surface area contributed by atoms with Crippen LogP contribution in [0.25, 0.3) is 0 Å². The summed E-state index contributed by atoms with van der Waals surface area (Å²) in [5.41, 5.74) is 2.30. The third kappa shape index (κ3) is 3.54. The van der Waals surface area contributed by atoms with Gasteiger partial charge in [0.25, 0.3) is 0 Å². The molecule has 0 aliphatic carbocycles. The number of hydrogen-bond acceptors (Lipinski definition) is 3. The Morgan fingerprint density at radius 3 is 2.45 bits per heavy atom. The molecule has 5 heteroatoms. The van der Waals surface area contributed by atoms with Crippen molar-refractivity contribution in [3.8, 4) is 0 Å². The van der Waals surface area contributed by atoms with Crippen molar-refractivity contribution in [3.63, 3.8) is 0 Å². The number of rotatable bonds is 4. The fraction of sp³-hybridized carbons (Fsp3) is 0.412. The van der Waals surface area contributed by atoms with Crippen LogP contribution in [0.3, 0.4) is 0 Å². The Bertz CT molecular complexity index is 615. The highest BCUT2D eigenvalue weighted by Crippen LogP contribution is 2.10. The van der Waals surface area contributed by atoms with Crippen molar-refractivity contribution in [2.45, 2.75) is 13.0 Å². The van der Waals surface area contributed by atoms with E-state index in [1.807, 2.05) is 59.2 Å². The highest BCUT2D eigenvalue weighted by atomic mass is 16.2. The molecule has 2 heterocycles. The molecule has 0 N–H and O–H groups in total. The molecule has 0 bridgehead atoms. The maximum atomic E-state index is 12.3. The predicted molar refractivity (Wildman–Crippen MR) is 85.2 cm³/mol. The van der Waals surface area contributed by atoms with Crippen molar-refractivity contribution in [1.82, 2.24) is 19.6 Å². The van der Waals surface area contributed by atoms with Gasteiger partial charge in [0.1, 0.15) is 0 Å². The number of benzene rings is 1. The van der Waals surface area contributed by atoms with Crippen molar-refractivity contribution in [1.29, 1.82) is 0 Å². The second kappa shape index (κ2) is 6.75. The summed E-state index contributed by atoms with van der Waals surface area (Å²) in [6, 6.07) is 12.0. The summed E-state index contributed by atoms with van der Waals surface area (Å²) in [5, 5.41) is 4.20. The standard InChI is InChI=1S/C17H22N4O/c1-19-16(7-8-18-19)14-20-9-11-21(12-10-20)17(22)13-15-5-3-2-4-6-15/h2-8H,9-14H2,1H3. The number of hydrogen-bond donors (Lipinski definition) is 0. The second-order valence-electron chi connectivity index (χ2n) is 5.77. The van der Waals surface area contributed by atoms with E-state index in [1.165, 1.54) is 5.69 Å². The van der Waals surface area contributed by atoms with Crippen LogP contribution in [0.1, 0.15) is 11.3 Å². The highest BCUT2D eigenvalue weighted by Gasteiger charge is 2.21. The number of piperazine rings is 1. The zero-order chi connectivity index (χ0) is 15.4. The van der Waals surface area contributed by atoms with Gasteiger partial charge in [-0.2, -0.15) is 5.10 Å². The minimum atomic E-state index is 0.228. The molecule has 22 heavy (non-hydrogen) atoms. The van der Waals surface area contributed by atoms with Gasteiger partial charge in [0.05, 0.1) is 12.1 Å². The number of carbonyl (C=O) groups excluding carboxylic acids is 1. The van der Waals surface area contributed by atoms with E-state index >= 15 is 0 Å². The van der Waals surface area contributed by atoms with E-state index in [9.17, 15) is 4.79 Å². The third-order valence-corrected chi connectivity index (χ3v) is 4.23. The van der Waals surface area contributed by atoms with Gasteiger partial charge in [-0.25, -0.2) is 0 Å². The summed E-state index contributed by atoms with van der Waals surface area (Å²) in [6.45, 7) is 4.36. The molecule has 0 radical (unpaired) electrons. The smallest absolute Gasteiger partial charge is 0.227 e. The maximum absolute atomic E-state index is 12.3. The first-order valence-electron chi connectivity index (χ1n) is 7.73. The monoisotopic (exact) mass is 298 g/mol. The lowest BCUT2D eigenvalue weighted by Crippen LogP contribution is -2.48. The van der Waals surface area contributed by atoms with Crippen LogP contribution in [0.2, 0.25) is 0 Å². The summed E-state index contributed by atoms with van der Waals surface area (Å²) < 4.78 is 1.91. The van der Waals surface area contributed by atoms with E-state index in [-0.39, 0.29) is 5.91 Å². The molecule has 5 nitrogen and oxygen atoms in total. The number of amides is 1. The predicted octanol–water partition coefficient (Wildman–Crippen LogP) is 1.31. The largest absolute Gasteiger partial charge is 0.340 e. The molecule has 0 saturated carbocycles. The van der Waals surface area contributed by atoms with E-state index in [0.717, 1.165) is 38.3 Å². The van der Waals surface area contributed by atoms with Crippen LogP contribution >= 0.6 is 0 Å². The molecule has 1 aliphatic rings. The van der Waals surface area contributed by atoms with E-state index in [4.69, 9.17) is 0 Å². The van der Waals surface area contributed by atoms with Crippen molar-refractivity contribution >= 4 is 5.91 Å². The fourth-order valence-electron chi connectivity index (χ4n) is 2.82. The summed E-state index contributed by atoms with van der Waals surface area (Å²) in [5.74, 6) is 0.228. The summed E-state index contributed by atoms with van der Waals surface area (Å²) in [4.78, 5) is 16.7. The van der Waals surface area contributed by atoms with E-state index in [1.54, 1.807) is 0 Å². The lowest BCUT2D eigenvalue weighted by atomic mass is 10.1. The van der Waals surface area contributed by atoms with Crippen LogP contribution in [0.4, 0.5) is 0 Å². The van der Waals surface area contributed by atoms with Crippen molar-refractivity contribution in [2.75, 3.05) is 26.2 Å². The Morgan fingerprint density at radius 2 is 1.82 bits per heavy atom. The Kier molecular flexibility index (Phi) is 4.53. The molecular formula is C17H22N4O. The van der Waals surface area contributed by atoms with Gasteiger partial charge < -0.3 is 4.90 Å². The molecule has 2 aromatic rings. The summed E-state index contributed by atoms with van der Waals surface area (Å²) in [6.07, 6.45) is 2.33. The normalized spacial score (nSPS) is 16.0. The zero-order valence-corrected chi connectivity index (χ0v) is 13.0. The van der Waals surface area contributed by atoms with Gasteiger partial charge in [-0.3, -0.25) is 14.4 Å². The van der Waals surface area contributed by atoms with Crippen LogP contribution in [-0.4, -0.2) is 51.7 Å². The van der Waals surface area contributed by atoms with Crippen molar-refractivity contribution < 1.29 is 4.79 Å². The molecule has 116 valence electrons. The molecule has 1 fully saturated rings. The van der Waals surface area contributed by atoms with Gasteiger partial charge in [-0.1, -0.05) is 30.3 Å². The third-order valence-electron chi connectivity index (χ3n) is 4.23. The average molecular weight is 298 g/mol. The average Bonchev–Trinajstić information content (AvgIpc) is 2.94. The first-order chi connectivity index (χ1) is 10.7. The number of aromatic nitrogens is 2. The van der Waals surface area contributed by atoms with E-state index in [2.05, 4.69) is 10.00 Å². The van der Waals surface area contributed by atoms with Crippen molar-refractivity contribution in [2.24, 2.45) is 7.05 Å². The minimum absolute atomic E-state index is 0.228. The van der Waals surface area contributed by atoms with Gasteiger partial charge in [-0.15, -0.1) is 0 Å². The van der Waals surface area contributed by atoms with Crippen molar-refractivity contribution in [3.05, 3.63) is 53.9 Å². The van der Waals surface area contributed by atoms with Crippen LogP contribution in [-0.2, 0) is 24.8 Å². The lowest BCUT2D eigenvalue weighted by molar-refractivity contribution is -0.132.